The highest BCUT2D eigenvalue weighted by atomic mass is 35.5. The van der Waals surface area contributed by atoms with Crippen LogP contribution < -0.4 is 15.6 Å². The van der Waals surface area contributed by atoms with E-state index < -0.39 is 11.8 Å². The smallest absolute Gasteiger partial charge is 0.273 e. The number of hydrazine groups is 1. The SMILES string of the molecule is COc1ccccc1C(=O)NNC(=O)c1cc(Cl)ccc1O. The van der Waals surface area contributed by atoms with Crippen LogP contribution in [0.5, 0.6) is 11.5 Å². The number of halogens is 1. The lowest BCUT2D eigenvalue weighted by Crippen LogP contribution is -2.41. The summed E-state index contributed by atoms with van der Waals surface area (Å²) in [5.74, 6) is -1.11. The van der Waals surface area contributed by atoms with E-state index in [0.717, 1.165) is 0 Å². The van der Waals surface area contributed by atoms with Gasteiger partial charge in [-0.1, -0.05) is 23.7 Å². The number of ether oxygens (including phenoxy) is 1. The van der Waals surface area contributed by atoms with E-state index in [-0.39, 0.29) is 16.9 Å². The van der Waals surface area contributed by atoms with Crippen molar-refractivity contribution in [1.29, 1.82) is 0 Å². The third kappa shape index (κ3) is 3.48. The minimum absolute atomic E-state index is 0.0483. The molecule has 7 heteroatoms. The molecular formula is C15H13ClN2O4. The number of carbonyl (C=O) groups is 2. The van der Waals surface area contributed by atoms with E-state index >= 15 is 0 Å². The Hall–Kier alpha value is -2.73. The average Bonchev–Trinajstić information content (AvgIpc) is 2.54. The Morgan fingerprint density at radius 3 is 2.36 bits per heavy atom. The molecule has 22 heavy (non-hydrogen) atoms. The third-order valence-corrected chi connectivity index (χ3v) is 3.08. The molecule has 0 aliphatic heterocycles. The van der Waals surface area contributed by atoms with Gasteiger partial charge in [0.2, 0.25) is 0 Å². The van der Waals surface area contributed by atoms with Crippen molar-refractivity contribution < 1.29 is 19.4 Å². The van der Waals surface area contributed by atoms with Gasteiger partial charge in [0.05, 0.1) is 18.2 Å². The molecule has 0 aromatic heterocycles. The van der Waals surface area contributed by atoms with Crippen LogP contribution in [-0.2, 0) is 0 Å². The first-order valence-electron chi connectivity index (χ1n) is 6.25. The second-order valence-corrected chi connectivity index (χ2v) is 4.71. The van der Waals surface area contributed by atoms with Gasteiger partial charge in [-0.15, -0.1) is 0 Å². The summed E-state index contributed by atoms with van der Waals surface area (Å²) in [5, 5.41) is 9.91. The number of hydrogen-bond acceptors (Lipinski definition) is 4. The van der Waals surface area contributed by atoms with Crippen LogP contribution in [0.2, 0.25) is 5.02 Å². The molecular weight excluding hydrogens is 308 g/mol. The highest BCUT2D eigenvalue weighted by molar-refractivity contribution is 6.31. The van der Waals surface area contributed by atoms with Gasteiger partial charge in [-0.05, 0) is 30.3 Å². The average molecular weight is 321 g/mol. The van der Waals surface area contributed by atoms with Crippen molar-refractivity contribution >= 4 is 23.4 Å². The van der Waals surface area contributed by atoms with E-state index in [1.54, 1.807) is 24.3 Å². The van der Waals surface area contributed by atoms with Gasteiger partial charge in [-0.25, -0.2) is 0 Å². The van der Waals surface area contributed by atoms with Gasteiger partial charge in [0.15, 0.2) is 0 Å². The molecule has 6 nitrogen and oxygen atoms in total. The molecule has 0 spiro atoms. The Morgan fingerprint density at radius 2 is 1.68 bits per heavy atom. The van der Waals surface area contributed by atoms with Gasteiger partial charge in [0.1, 0.15) is 11.5 Å². The molecule has 0 radical (unpaired) electrons. The van der Waals surface area contributed by atoms with Gasteiger partial charge in [-0.3, -0.25) is 20.4 Å². The Morgan fingerprint density at radius 1 is 1.05 bits per heavy atom. The molecule has 2 rings (SSSR count). The third-order valence-electron chi connectivity index (χ3n) is 2.84. The quantitative estimate of drug-likeness (QED) is 0.756. The lowest BCUT2D eigenvalue weighted by Gasteiger charge is -2.10. The predicted octanol–water partition coefficient (Wildman–Crippen LogP) is 2.13. The molecule has 0 fully saturated rings. The molecule has 2 aromatic rings. The number of carbonyl (C=O) groups excluding carboxylic acids is 2. The Bertz CT molecular complexity index is 718. The number of rotatable bonds is 3. The highest BCUT2D eigenvalue weighted by Crippen LogP contribution is 2.21. The Kier molecular flexibility index (Phi) is 4.85. The van der Waals surface area contributed by atoms with Crippen LogP contribution in [0.1, 0.15) is 20.7 Å². The molecule has 0 aliphatic carbocycles. The fourth-order valence-electron chi connectivity index (χ4n) is 1.77. The van der Waals surface area contributed by atoms with Crippen molar-refractivity contribution in [3.05, 3.63) is 58.6 Å². The first-order chi connectivity index (χ1) is 10.5. The second-order valence-electron chi connectivity index (χ2n) is 4.27. The highest BCUT2D eigenvalue weighted by Gasteiger charge is 2.15. The topological polar surface area (TPSA) is 87.7 Å². The molecule has 0 saturated heterocycles. The summed E-state index contributed by atoms with van der Waals surface area (Å²) >= 11 is 5.76. The van der Waals surface area contributed by atoms with E-state index in [1.165, 1.54) is 25.3 Å². The molecule has 114 valence electrons. The Labute approximate surface area is 131 Å². The van der Waals surface area contributed by atoms with Gasteiger partial charge < -0.3 is 9.84 Å². The molecule has 0 saturated carbocycles. The number of nitrogens with one attached hydrogen (secondary N) is 2. The van der Waals surface area contributed by atoms with Crippen molar-refractivity contribution in [3.8, 4) is 11.5 Å². The van der Waals surface area contributed by atoms with E-state index in [9.17, 15) is 14.7 Å². The number of phenols is 1. The lowest BCUT2D eigenvalue weighted by atomic mass is 10.2. The van der Waals surface area contributed by atoms with Crippen LogP contribution in [-0.4, -0.2) is 24.0 Å². The number of hydrogen-bond donors (Lipinski definition) is 3. The second kappa shape index (κ2) is 6.82. The van der Waals surface area contributed by atoms with E-state index in [0.29, 0.717) is 10.8 Å². The van der Waals surface area contributed by atoms with E-state index in [2.05, 4.69) is 10.9 Å². The largest absolute Gasteiger partial charge is 0.507 e. The number of amides is 2. The first-order valence-corrected chi connectivity index (χ1v) is 6.63. The summed E-state index contributed by atoms with van der Waals surface area (Å²) in [6, 6.07) is 10.6. The van der Waals surface area contributed by atoms with Gasteiger partial charge >= 0.3 is 0 Å². The van der Waals surface area contributed by atoms with Crippen molar-refractivity contribution in [2.24, 2.45) is 0 Å². The summed E-state index contributed by atoms with van der Waals surface area (Å²) in [5.41, 5.74) is 4.67. The molecule has 0 atom stereocenters. The number of phenolic OH excluding ortho intramolecular Hbond substituents is 1. The van der Waals surface area contributed by atoms with Crippen LogP contribution in [0.4, 0.5) is 0 Å². The normalized spacial score (nSPS) is 9.91. The lowest BCUT2D eigenvalue weighted by molar-refractivity contribution is 0.0843. The fraction of sp³-hybridized carbons (Fsp3) is 0.0667. The maximum atomic E-state index is 12.0. The van der Waals surface area contributed by atoms with Crippen LogP contribution in [0, 0.1) is 0 Å². The van der Waals surface area contributed by atoms with Crippen LogP contribution in [0.25, 0.3) is 0 Å². The number of para-hydroxylation sites is 1. The van der Waals surface area contributed by atoms with Crippen molar-refractivity contribution in [2.75, 3.05) is 7.11 Å². The summed E-state index contributed by atoms with van der Waals surface area (Å²) in [7, 11) is 1.44. The molecule has 0 unspecified atom stereocenters. The maximum Gasteiger partial charge on any atom is 0.273 e. The molecule has 0 bridgehead atoms. The zero-order chi connectivity index (χ0) is 16.1. The molecule has 3 N–H and O–H groups in total. The van der Waals surface area contributed by atoms with Crippen molar-refractivity contribution in [3.63, 3.8) is 0 Å². The van der Waals surface area contributed by atoms with Crippen molar-refractivity contribution in [2.45, 2.75) is 0 Å². The molecule has 0 heterocycles. The first kappa shape index (κ1) is 15.7. The van der Waals surface area contributed by atoms with Gasteiger partial charge in [-0.2, -0.15) is 0 Å². The summed E-state index contributed by atoms with van der Waals surface area (Å²) < 4.78 is 5.06. The van der Waals surface area contributed by atoms with Crippen LogP contribution in [0.15, 0.2) is 42.5 Å². The molecule has 0 aliphatic rings. The van der Waals surface area contributed by atoms with Crippen LogP contribution in [0.3, 0.4) is 0 Å². The monoisotopic (exact) mass is 320 g/mol. The van der Waals surface area contributed by atoms with Gasteiger partial charge in [0, 0.05) is 5.02 Å². The Balaban J connectivity index is 2.08. The minimum Gasteiger partial charge on any atom is -0.507 e. The zero-order valence-corrected chi connectivity index (χ0v) is 12.3. The van der Waals surface area contributed by atoms with E-state index in [4.69, 9.17) is 16.3 Å². The fourth-order valence-corrected chi connectivity index (χ4v) is 1.94. The van der Waals surface area contributed by atoms with E-state index in [1.807, 2.05) is 0 Å². The standard InChI is InChI=1S/C15H13ClN2O4/c1-22-13-5-3-2-4-10(13)14(20)17-18-15(21)11-8-9(16)6-7-12(11)19/h2-8,19H,1H3,(H,17,20)(H,18,21). The zero-order valence-electron chi connectivity index (χ0n) is 11.6. The summed E-state index contributed by atoms with van der Waals surface area (Å²) in [4.78, 5) is 23.9. The minimum atomic E-state index is -0.691. The number of benzene rings is 2. The molecule has 2 aromatic carbocycles. The number of methoxy groups -OCH3 is 1. The number of aromatic hydroxyl groups is 1. The maximum absolute atomic E-state index is 12.0. The molecule has 2 amide bonds. The van der Waals surface area contributed by atoms with Gasteiger partial charge in [0.25, 0.3) is 11.8 Å². The predicted molar refractivity (Wildman–Crippen MR) is 81.0 cm³/mol. The summed E-state index contributed by atoms with van der Waals surface area (Å²) in [6.45, 7) is 0. The van der Waals surface area contributed by atoms with Crippen molar-refractivity contribution in [1.82, 2.24) is 10.9 Å². The van der Waals surface area contributed by atoms with Crippen LogP contribution >= 0.6 is 11.6 Å². The summed E-state index contributed by atoms with van der Waals surface area (Å²) in [6.07, 6.45) is 0.